The molecule has 1 N–H and O–H groups in total. The molecule has 0 spiro atoms. The molecule has 0 fully saturated rings. The van der Waals surface area contributed by atoms with Crippen LogP contribution in [0.2, 0.25) is 0 Å². The second-order valence-electron chi connectivity index (χ2n) is 4.58. The monoisotopic (exact) mass is 299 g/mol. The van der Waals surface area contributed by atoms with Gasteiger partial charge in [-0.2, -0.15) is 0 Å². The van der Waals surface area contributed by atoms with Gasteiger partial charge in [0.1, 0.15) is 5.76 Å². The molecule has 6 heteroatoms. The summed E-state index contributed by atoms with van der Waals surface area (Å²) in [4.78, 5) is 2.30. The van der Waals surface area contributed by atoms with Crippen molar-refractivity contribution in [2.45, 2.75) is 38.8 Å². The third kappa shape index (κ3) is 3.08. The van der Waals surface area contributed by atoms with Crippen molar-refractivity contribution in [3.8, 4) is 0 Å². The first-order valence-corrected chi connectivity index (χ1v) is 8.25. The SMILES string of the molecule is Cc1ccc(S(=O)(=O)NC(C)c2cc(C)sc2C)o1. The Kier molecular flexibility index (Phi) is 3.85. The molecule has 0 aliphatic heterocycles. The fraction of sp³-hybridized carbons (Fsp3) is 0.385. The minimum atomic E-state index is -3.61. The van der Waals surface area contributed by atoms with Crippen LogP contribution in [0.3, 0.4) is 0 Å². The highest BCUT2D eigenvalue weighted by molar-refractivity contribution is 7.89. The smallest absolute Gasteiger partial charge is 0.274 e. The summed E-state index contributed by atoms with van der Waals surface area (Å²) < 4.78 is 32.1. The van der Waals surface area contributed by atoms with E-state index in [1.165, 1.54) is 10.9 Å². The number of aryl methyl sites for hydroxylation is 3. The zero-order valence-electron chi connectivity index (χ0n) is 11.4. The van der Waals surface area contributed by atoms with Gasteiger partial charge in [0.05, 0.1) is 0 Å². The summed E-state index contributed by atoms with van der Waals surface area (Å²) >= 11 is 1.67. The van der Waals surface area contributed by atoms with Gasteiger partial charge in [0.15, 0.2) is 0 Å². The molecule has 0 saturated carbocycles. The van der Waals surface area contributed by atoms with Gasteiger partial charge in [0, 0.05) is 15.8 Å². The molecule has 0 aliphatic rings. The van der Waals surface area contributed by atoms with E-state index in [0.29, 0.717) is 5.76 Å². The van der Waals surface area contributed by atoms with Crippen LogP contribution in [-0.4, -0.2) is 8.42 Å². The molecule has 1 atom stereocenters. The molecule has 19 heavy (non-hydrogen) atoms. The molecule has 0 bridgehead atoms. The summed E-state index contributed by atoms with van der Waals surface area (Å²) in [6.45, 7) is 7.56. The van der Waals surface area contributed by atoms with E-state index in [9.17, 15) is 8.42 Å². The maximum atomic E-state index is 12.1. The van der Waals surface area contributed by atoms with Crippen LogP contribution in [0.4, 0.5) is 0 Å². The number of thiophene rings is 1. The Morgan fingerprint density at radius 3 is 2.42 bits per heavy atom. The summed E-state index contributed by atoms with van der Waals surface area (Å²) in [6, 6.07) is 4.84. The van der Waals surface area contributed by atoms with E-state index in [4.69, 9.17) is 4.42 Å². The van der Waals surface area contributed by atoms with E-state index in [2.05, 4.69) is 4.72 Å². The predicted molar refractivity (Wildman–Crippen MR) is 76.0 cm³/mol. The topological polar surface area (TPSA) is 59.3 Å². The van der Waals surface area contributed by atoms with Crippen molar-refractivity contribution in [3.63, 3.8) is 0 Å². The van der Waals surface area contributed by atoms with Crippen LogP contribution in [0.1, 0.15) is 34.0 Å². The van der Waals surface area contributed by atoms with Gasteiger partial charge in [0.25, 0.3) is 10.0 Å². The fourth-order valence-electron chi connectivity index (χ4n) is 1.99. The van der Waals surface area contributed by atoms with Gasteiger partial charge in [-0.3, -0.25) is 0 Å². The first-order valence-electron chi connectivity index (χ1n) is 5.95. The standard InChI is InChI=1S/C13H17NO3S2/c1-8-5-6-13(17-8)19(15,16)14-10(3)12-7-9(2)18-11(12)4/h5-7,10,14H,1-4H3. The van der Waals surface area contributed by atoms with Gasteiger partial charge in [-0.15, -0.1) is 11.3 Å². The quantitative estimate of drug-likeness (QED) is 0.942. The lowest BCUT2D eigenvalue weighted by molar-refractivity contribution is 0.423. The second kappa shape index (κ2) is 5.11. The Morgan fingerprint density at radius 1 is 1.26 bits per heavy atom. The molecule has 0 amide bonds. The van der Waals surface area contributed by atoms with E-state index in [1.54, 1.807) is 24.3 Å². The van der Waals surface area contributed by atoms with Crippen LogP contribution in [-0.2, 0) is 10.0 Å². The molecular formula is C13H17NO3S2. The van der Waals surface area contributed by atoms with E-state index in [0.717, 1.165) is 10.4 Å². The normalized spacial score (nSPS) is 13.7. The third-order valence-electron chi connectivity index (χ3n) is 2.86. The van der Waals surface area contributed by atoms with Gasteiger partial charge in [-0.05, 0) is 51.5 Å². The molecule has 2 rings (SSSR count). The van der Waals surface area contributed by atoms with Crippen molar-refractivity contribution < 1.29 is 12.8 Å². The fourth-order valence-corrected chi connectivity index (χ4v) is 4.21. The number of hydrogen-bond acceptors (Lipinski definition) is 4. The average Bonchev–Trinajstić information content (AvgIpc) is 2.84. The number of rotatable bonds is 4. The lowest BCUT2D eigenvalue weighted by atomic mass is 10.1. The number of furan rings is 1. The number of hydrogen-bond donors (Lipinski definition) is 1. The lowest BCUT2D eigenvalue weighted by Gasteiger charge is -2.12. The van der Waals surface area contributed by atoms with Crippen molar-refractivity contribution in [2.24, 2.45) is 0 Å². The van der Waals surface area contributed by atoms with Crippen LogP contribution in [0, 0.1) is 20.8 Å². The highest BCUT2D eigenvalue weighted by atomic mass is 32.2. The predicted octanol–water partition coefficient (Wildman–Crippen LogP) is 3.31. The highest BCUT2D eigenvalue weighted by Crippen LogP contribution is 2.27. The summed E-state index contributed by atoms with van der Waals surface area (Å²) in [5, 5.41) is -0.0403. The van der Waals surface area contributed by atoms with Gasteiger partial charge in [-0.25, -0.2) is 13.1 Å². The van der Waals surface area contributed by atoms with E-state index < -0.39 is 10.0 Å². The molecule has 2 aromatic rings. The van der Waals surface area contributed by atoms with Gasteiger partial charge in [0.2, 0.25) is 5.09 Å². The molecule has 104 valence electrons. The van der Waals surface area contributed by atoms with Crippen LogP contribution < -0.4 is 4.72 Å². The maximum absolute atomic E-state index is 12.1. The summed E-state index contributed by atoms with van der Waals surface area (Å²) in [5.41, 5.74) is 1.01. The van der Waals surface area contributed by atoms with Crippen LogP contribution in [0.15, 0.2) is 27.7 Å². The third-order valence-corrected chi connectivity index (χ3v) is 5.25. The highest BCUT2D eigenvalue weighted by Gasteiger charge is 2.22. The van der Waals surface area contributed by atoms with Gasteiger partial charge >= 0.3 is 0 Å². The Balaban J connectivity index is 2.23. The minimum absolute atomic E-state index is 0.0403. The van der Waals surface area contributed by atoms with Crippen LogP contribution >= 0.6 is 11.3 Å². The zero-order chi connectivity index (χ0) is 14.2. The Morgan fingerprint density at radius 2 is 1.95 bits per heavy atom. The minimum Gasteiger partial charge on any atom is -0.449 e. The molecule has 2 heterocycles. The van der Waals surface area contributed by atoms with E-state index >= 15 is 0 Å². The Bertz CT molecular complexity index is 683. The molecule has 4 nitrogen and oxygen atoms in total. The second-order valence-corrected chi connectivity index (χ2v) is 7.68. The van der Waals surface area contributed by atoms with Gasteiger partial charge < -0.3 is 4.42 Å². The molecule has 0 saturated heterocycles. The van der Waals surface area contributed by atoms with Crippen LogP contribution in [0.25, 0.3) is 0 Å². The van der Waals surface area contributed by atoms with Crippen molar-refractivity contribution >= 4 is 21.4 Å². The molecule has 2 aromatic heterocycles. The molecular weight excluding hydrogens is 282 g/mol. The van der Waals surface area contributed by atoms with Gasteiger partial charge in [-0.1, -0.05) is 0 Å². The van der Waals surface area contributed by atoms with Crippen molar-refractivity contribution in [1.29, 1.82) is 0 Å². The Hall–Kier alpha value is -1.11. The van der Waals surface area contributed by atoms with Crippen molar-refractivity contribution in [3.05, 3.63) is 39.3 Å². The zero-order valence-corrected chi connectivity index (χ0v) is 13.0. The molecule has 0 aromatic carbocycles. The Labute approximate surface area is 117 Å². The first-order chi connectivity index (χ1) is 8.79. The molecule has 0 radical (unpaired) electrons. The first kappa shape index (κ1) is 14.3. The number of nitrogens with one attached hydrogen (secondary N) is 1. The summed E-state index contributed by atoms with van der Waals surface area (Å²) in [6.07, 6.45) is 0. The maximum Gasteiger partial charge on any atom is 0.274 e. The number of sulfonamides is 1. The van der Waals surface area contributed by atoms with Crippen LogP contribution in [0.5, 0.6) is 0 Å². The summed E-state index contributed by atoms with van der Waals surface area (Å²) in [5.74, 6) is 0.579. The summed E-state index contributed by atoms with van der Waals surface area (Å²) in [7, 11) is -3.61. The van der Waals surface area contributed by atoms with Crippen molar-refractivity contribution in [2.75, 3.05) is 0 Å². The van der Waals surface area contributed by atoms with E-state index in [-0.39, 0.29) is 11.1 Å². The van der Waals surface area contributed by atoms with Crippen molar-refractivity contribution in [1.82, 2.24) is 4.72 Å². The molecule has 1 unspecified atom stereocenters. The van der Waals surface area contributed by atoms with E-state index in [1.807, 2.05) is 26.8 Å². The molecule has 0 aliphatic carbocycles. The average molecular weight is 299 g/mol. The largest absolute Gasteiger partial charge is 0.449 e. The lowest BCUT2D eigenvalue weighted by Crippen LogP contribution is -2.26.